The van der Waals surface area contributed by atoms with E-state index in [2.05, 4.69) is 5.43 Å². The van der Waals surface area contributed by atoms with Crippen LogP contribution in [0.4, 0.5) is 0 Å². The number of carbonyl (C=O) groups excluding carboxylic acids is 1. The smallest absolute Gasteiger partial charge is 0.265 e. The molecule has 2 fully saturated rings. The van der Waals surface area contributed by atoms with Crippen molar-refractivity contribution in [2.75, 3.05) is 20.6 Å². The molecule has 9 N–H and O–H groups in total. The van der Waals surface area contributed by atoms with Crippen molar-refractivity contribution in [3.63, 3.8) is 0 Å². The van der Waals surface area contributed by atoms with Crippen LogP contribution in [0.3, 0.4) is 0 Å². The number of aliphatic hydroxyl groups is 8. The van der Waals surface area contributed by atoms with E-state index in [9.17, 15) is 45.6 Å². The van der Waals surface area contributed by atoms with E-state index in [1.807, 2.05) is 0 Å². The van der Waals surface area contributed by atoms with Gasteiger partial charge in [0.25, 0.3) is 5.91 Å². The molecule has 2 rings (SSSR count). The van der Waals surface area contributed by atoms with E-state index in [-0.39, 0.29) is 24.0 Å². The largest absolute Gasteiger partial charge is 0.390 e. The standard InChI is InChI=1S/C16H30N2O10/c1-18(2,5-8-12(23)14(25)15(26)16(27)28-8)17-9(20)4-6-3-7(19)11(22)13(24)10(6)21/h6-8,10-16,19,21-27H,3-5H2,1-2H3/p+1. The van der Waals surface area contributed by atoms with Gasteiger partial charge in [0.05, 0.1) is 26.3 Å². The Balaban J connectivity index is 1.93. The zero-order chi connectivity index (χ0) is 21.4. The molecule has 1 aliphatic carbocycles. The van der Waals surface area contributed by atoms with Crippen LogP contribution in [-0.4, -0.2) is 127 Å². The highest BCUT2D eigenvalue weighted by atomic mass is 16.6. The Morgan fingerprint density at radius 3 is 2.07 bits per heavy atom. The fraction of sp³-hybridized carbons (Fsp3) is 0.938. The van der Waals surface area contributed by atoms with Crippen molar-refractivity contribution in [3.05, 3.63) is 0 Å². The van der Waals surface area contributed by atoms with Gasteiger partial charge in [0.15, 0.2) is 6.29 Å². The van der Waals surface area contributed by atoms with Crippen LogP contribution in [0.25, 0.3) is 0 Å². The Labute approximate surface area is 161 Å². The van der Waals surface area contributed by atoms with Crippen LogP contribution in [0.5, 0.6) is 0 Å². The van der Waals surface area contributed by atoms with Gasteiger partial charge in [0, 0.05) is 6.42 Å². The summed E-state index contributed by atoms with van der Waals surface area (Å²) in [6, 6.07) is 0. The summed E-state index contributed by atoms with van der Waals surface area (Å²) in [6.45, 7) is -0.0646. The second kappa shape index (κ2) is 8.83. The predicted octanol–water partition coefficient (Wildman–Crippen LogP) is -5.25. The molecule has 0 aromatic heterocycles. The maximum Gasteiger partial charge on any atom is 0.265 e. The molecule has 12 nitrogen and oxygen atoms in total. The van der Waals surface area contributed by atoms with Gasteiger partial charge < -0.3 is 45.6 Å². The van der Waals surface area contributed by atoms with Gasteiger partial charge >= 0.3 is 0 Å². The molecule has 1 aliphatic heterocycles. The lowest BCUT2D eigenvalue weighted by Gasteiger charge is -2.41. The fourth-order valence-corrected chi connectivity index (χ4v) is 3.70. The maximum absolute atomic E-state index is 12.4. The number of carbonyl (C=O) groups is 1. The molecular formula is C16H31N2O10+. The fourth-order valence-electron chi connectivity index (χ4n) is 3.70. The van der Waals surface area contributed by atoms with Crippen molar-refractivity contribution in [2.45, 2.75) is 68.0 Å². The third-order valence-corrected chi connectivity index (χ3v) is 5.32. The monoisotopic (exact) mass is 411 g/mol. The van der Waals surface area contributed by atoms with Gasteiger partial charge in [-0.15, -0.1) is 0 Å². The van der Waals surface area contributed by atoms with E-state index in [4.69, 9.17) is 4.74 Å². The first kappa shape index (κ1) is 23.3. The normalized spacial score (nSPS) is 44.9. The van der Waals surface area contributed by atoms with Gasteiger partial charge in [0.2, 0.25) is 0 Å². The Morgan fingerprint density at radius 1 is 0.893 bits per heavy atom. The van der Waals surface area contributed by atoms with Gasteiger partial charge in [-0.25, -0.2) is 10.0 Å². The molecule has 0 aromatic carbocycles. The molecule has 0 aromatic rings. The van der Waals surface area contributed by atoms with Crippen LogP contribution in [0.15, 0.2) is 0 Å². The van der Waals surface area contributed by atoms with Crippen molar-refractivity contribution in [1.29, 1.82) is 0 Å². The molecule has 10 atom stereocenters. The molecule has 0 bridgehead atoms. The molecule has 12 heteroatoms. The second-order valence-electron chi connectivity index (χ2n) is 8.18. The second-order valence-corrected chi connectivity index (χ2v) is 8.18. The molecule has 28 heavy (non-hydrogen) atoms. The maximum atomic E-state index is 12.4. The van der Waals surface area contributed by atoms with Gasteiger partial charge in [-0.05, 0) is 12.3 Å². The van der Waals surface area contributed by atoms with Crippen LogP contribution in [0, 0.1) is 5.92 Å². The van der Waals surface area contributed by atoms with Crippen molar-refractivity contribution >= 4 is 5.91 Å². The van der Waals surface area contributed by atoms with Gasteiger partial charge in [0.1, 0.15) is 43.2 Å². The minimum absolute atomic E-state index is 0.0646. The van der Waals surface area contributed by atoms with Crippen LogP contribution in [0.1, 0.15) is 12.8 Å². The quantitative estimate of drug-likeness (QED) is 0.155. The molecule has 1 heterocycles. The van der Waals surface area contributed by atoms with Crippen LogP contribution >= 0.6 is 0 Å². The van der Waals surface area contributed by atoms with Gasteiger partial charge in [-0.2, -0.15) is 0 Å². The number of nitrogens with zero attached hydrogens (tertiary/aromatic N) is 1. The Bertz CT molecular complexity index is 550. The molecule has 10 unspecified atom stereocenters. The van der Waals surface area contributed by atoms with E-state index < -0.39 is 66.9 Å². The summed E-state index contributed by atoms with van der Waals surface area (Å²) < 4.78 is 4.87. The molecule has 164 valence electrons. The molecular weight excluding hydrogens is 380 g/mol. The first-order valence-corrected chi connectivity index (χ1v) is 9.08. The topological polar surface area (TPSA) is 200 Å². The lowest BCUT2D eigenvalue weighted by Crippen LogP contribution is -2.65. The highest BCUT2D eigenvalue weighted by Crippen LogP contribution is 2.28. The third-order valence-electron chi connectivity index (χ3n) is 5.32. The predicted molar refractivity (Wildman–Crippen MR) is 90.8 cm³/mol. The van der Waals surface area contributed by atoms with Gasteiger partial charge in [-0.3, -0.25) is 4.79 Å². The van der Waals surface area contributed by atoms with Crippen molar-refractivity contribution in [1.82, 2.24) is 5.43 Å². The number of amides is 1. The number of hydrogen-bond donors (Lipinski definition) is 9. The zero-order valence-corrected chi connectivity index (χ0v) is 15.7. The summed E-state index contributed by atoms with van der Waals surface area (Å²) in [5.41, 5.74) is 2.62. The highest BCUT2D eigenvalue weighted by Gasteiger charge is 2.46. The number of nitrogens with one attached hydrogen (secondary N) is 1. The number of ether oxygens (including phenoxy) is 1. The Hall–Kier alpha value is -0.930. The molecule has 1 saturated carbocycles. The molecule has 0 spiro atoms. The van der Waals surface area contributed by atoms with Crippen molar-refractivity contribution in [2.24, 2.45) is 5.92 Å². The third kappa shape index (κ3) is 5.16. The van der Waals surface area contributed by atoms with Gasteiger partial charge in [-0.1, -0.05) is 0 Å². The average Bonchev–Trinajstić information content (AvgIpc) is 2.59. The number of hydrogen-bond acceptors (Lipinski definition) is 10. The number of quaternary nitrogens is 1. The number of likely N-dealkylation sites (N-methyl/N-ethyl adjacent to an activating group) is 1. The lowest BCUT2D eigenvalue weighted by atomic mass is 9.79. The number of rotatable bonds is 5. The van der Waals surface area contributed by atoms with E-state index in [0.717, 1.165) is 0 Å². The number of aliphatic hydroxyl groups excluding tert-OH is 8. The first-order valence-electron chi connectivity index (χ1n) is 9.08. The summed E-state index contributed by atoms with van der Waals surface area (Å²) in [5, 5.41) is 77.9. The van der Waals surface area contributed by atoms with Crippen molar-refractivity contribution < 1.29 is 55.0 Å². The van der Waals surface area contributed by atoms with Crippen LogP contribution < -0.4 is 5.43 Å². The Morgan fingerprint density at radius 2 is 1.46 bits per heavy atom. The van der Waals surface area contributed by atoms with E-state index >= 15 is 0 Å². The summed E-state index contributed by atoms with van der Waals surface area (Å²) in [5.74, 6) is -1.31. The zero-order valence-electron chi connectivity index (χ0n) is 15.7. The molecule has 2 aliphatic rings. The van der Waals surface area contributed by atoms with Crippen LogP contribution in [0.2, 0.25) is 0 Å². The lowest BCUT2D eigenvalue weighted by molar-refractivity contribution is -0.928. The van der Waals surface area contributed by atoms with E-state index in [1.54, 1.807) is 14.1 Å². The molecule has 1 amide bonds. The highest BCUT2D eigenvalue weighted by molar-refractivity contribution is 5.75. The summed E-state index contributed by atoms with van der Waals surface area (Å²) in [4.78, 5) is 12.4. The summed E-state index contributed by atoms with van der Waals surface area (Å²) in [7, 11) is 3.12. The van der Waals surface area contributed by atoms with Crippen LogP contribution in [-0.2, 0) is 9.53 Å². The van der Waals surface area contributed by atoms with E-state index in [0.29, 0.717) is 0 Å². The molecule has 0 radical (unpaired) electrons. The summed E-state index contributed by atoms with van der Waals surface area (Å²) >= 11 is 0. The summed E-state index contributed by atoms with van der Waals surface area (Å²) in [6.07, 6.45) is -13.5. The average molecular weight is 411 g/mol. The SMILES string of the molecule is C[N+](C)(CC1OC(O)C(O)C(O)C1O)NC(=O)CC1CC(O)C(O)C(O)C1O. The Kier molecular flexibility index (Phi) is 7.37. The van der Waals surface area contributed by atoms with E-state index in [1.165, 1.54) is 0 Å². The molecule has 1 saturated heterocycles. The minimum atomic E-state index is -1.69. The first-order chi connectivity index (χ1) is 12.8. The van der Waals surface area contributed by atoms with Crippen molar-refractivity contribution in [3.8, 4) is 0 Å². The minimum Gasteiger partial charge on any atom is -0.390 e.